The second-order valence-electron chi connectivity index (χ2n) is 12.7. The van der Waals surface area contributed by atoms with Crippen molar-refractivity contribution in [2.24, 2.45) is 34.0 Å². The zero-order valence-electron chi connectivity index (χ0n) is 21.1. The van der Waals surface area contributed by atoms with Gasteiger partial charge in [0.15, 0.2) is 0 Å². The summed E-state index contributed by atoms with van der Waals surface area (Å²) >= 11 is 0. The molecule has 0 aromatic heterocycles. The van der Waals surface area contributed by atoms with E-state index in [2.05, 4.69) is 20.8 Å². The molecule has 4 aliphatic rings. The van der Waals surface area contributed by atoms with E-state index in [1.807, 2.05) is 13.8 Å². The van der Waals surface area contributed by atoms with Crippen LogP contribution in [-0.2, 0) is 19.1 Å². The maximum atomic E-state index is 12.7. The van der Waals surface area contributed by atoms with Crippen LogP contribution in [0.5, 0.6) is 0 Å². The van der Waals surface area contributed by atoms with E-state index in [0.717, 1.165) is 37.7 Å². The molecule has 2 bridgehead atoms. The number of rotatable bonds is 4. The summed E-state index contributed by atoms with van der Waals surface area (Å²) in [5, 5.41) is 21.2. The first-order chi connectivity index (χ1) is 15.3. The zero-order chi connectivity index (χ0) is 24.4. The fraction of sp³-hybridized carbons (Fsp3) is 0.852. The predicted octanol–water partition coefficient (Wildman–Crippen LogP) is 4.17. The first-order valence-corrected chi connectivity index (χ1v) is 12.6. The third-order valence-corrected chi connectivity index (χ3v) is 9.99. The van der Waals surface area contributed by atoms with E-state index in [0.29, 0.717) is 24.7 Å². The smallest absolute Gasteiger partial charge is 0.331 e. The van der Waals surface area contributed by atoms with Gasteiger partial charge in [0.05, 0.1) is 12.2 Å². The Morgan fingerprint density at radius 3 is 2.30 bits per heavy atom. The number of hydrogen-bond donors (Lipinski definition) is 2. The number of aliphatic hydroxyl groups is 2. The van der Waals surface area contributed by atoms with Crippen LogP contribution in [-0.4, -0.2) is 46.6 Å². The molecule has 4 aliphatic carbocycles. The third kappa shape index (κ3) is 3.85. The lowest BCUT2D eigenvalue weighted by molar-refractivity contribution is -0.234. The molecule has 4 fully saturated rings. The average Bonchev–Trinajstić information content (AvgIpc) is 2.89. The first-order valence-electron chi connectivity index (χ1n) is 12.6. The van der Waals surface area contributed by atoms with Gasteiger partial charge in [-0.2, -0.15) is 0 Å². The molecule has 1 spiro atoms. The zero-order valence-corrected chi connectivity index (χ0v) is 21.1. The van der Waals surface area contributed by atoms with Gasteiger partial charge >= 0.3 is 11.9 Å². The summed E-state index contributed by atoms with van der Waals surface area (Å²) in [6.07, 6.45) is 6.71. The number of carbonyl (C=O) groups excluding carboxylic acids is 2. The number of esters is 2. The maximum Gasteiger partial charge on any atom is 0.331 e. The Bertz CT molecular complexity index is 844. The summed E-state index contributed by atoms with van der Waals surface area (Å²) in [7, 11) is 0. The average molecular weight is 463 g/mol. The van der Waals surface area contributed by atoms with Crippen LogP contribution in [0.15, 0.2) is 11.6 Å². The van der Waals surface area contributed by atoms with Gasteiger partial charge in [0, 0.05) is 18.4 Å². The molecule has 186 valence electrons. The van der Waals surface area contributed by atoms with Crippen LogP contribution >= 0.6 is 0 Å². The summed E-state index contributed by atoms with van der Waals surface area (Å²) in [5.74, 6) is 0.109. The molecule has 4 rings (SSSR count). The Balaban J connectivity index is 1.72. The van der Waals surface area contributed by atoms with Crippen LogP contribution < -0.4 is 0 Å². The molecule has 0 radical (unpaired) electrons. The second kappa shape index (κ2) is 8.08. The molecule has 0 aromatic carbocycles. The lowest BCUT2D eigenvalue weighted by atomic mass is 9.40. The van der Waals surface area contributed by atoms with E-state index < -0.39 is 17.8 Å². The Labute approximate surface area is 198 Å². The molecule has 0 amide bonds. The van der Waals surface area contributed by atoms with Crippen LogP contribution in [0.25, 0.3) is 0 Å². The molecule has 8 atom stereocenters. The van der Waals surface area contributed by atoms with E-state index in [1.54, 1.807) is 0 Å². The molecule has 6 heteroatoms. The van der Waals surface area contributed by atoms with Crippen molar-refractivity contribution < 1.29 is 29.3 Å². The molecule has 0 unspecified atom stereocenters. The topological polar surface area (TPSA) is 93.1 Å². The number of ether oxygens (including phenoxy) is 2. The van der Waals surface area contributed by atoms with Crippen molar-refractivity contribution in [1.29, 1.82) is 0 Å². The van der Waals surface area contributed by atoms with E-state index in [1.165, 1.54) is 13.0 Å². The summed E-state index contributed by atoms with van der Waals surface area (Å²) in [5.41, 5.74) is -0.562. The molecular formula is C27H42O6. The highest BCUT2D eigenvalue weighted by Crippen LogP contribution is 2.73. The molecular weight excluding hydrogens is 420 g/mol. The molecule has 0 saturated heterocycles. The van der Waals surface area contributed by atoms with Crippen molar-refractivity contribution in [3.05, 3.63) is 11.6 Å². The summed E-state index contributed by atoms with van der Waals surface area (Å²) in [6.45, 7) is 11.6. The van der Waals surface area contributed by atoms with E-state index in [4.69, 9.17) is 9.47 Å². The lowest BCUT2D eigenvalue weighted by Crippen LogP contribution is -2.64. The van der Waals surface area contributed by atoms with Crippen molar-refractivity contribution >= 4 is 11.9 Å². The molecule has 0 aromatic rings. The van der Waals surface area contributed by atoms with E-state index >= 15 is 0 Å². The number of fused-ring (bicyclic) bond motifs is 3. The Kier molecular flexibility index (Phi) is 6.05. The van der Waals surface area contributed by atoms with Crippen LogP contribution in [0, 0.1) is 34.0 Å². The quantitative estimate of drug-likeness (QED) is 0.481. The normalized spacial score (nSPS) is 45.4. The van der Waals surface area contributed by atoms with Crippen molar-refractivity contribution in [1.82, 2.24) is 0 Å². The Hall–Kier alpha value is -1.40. The van der Waals surface area contributed by atoms with E-state index in [9.17, 15) is 19.8 Å². The monoisotopic (exact) mass is 462 g/mol. The summed E-state index contributed by atoms with van der Waals surface area (Å²) < 4.78 is 11.9. The largest absolute Gasteiger partial charge is 0.458 e. The molecule has 2 N–H and O–H groups in total. The number of hydrogen-bond acceptors (Lipinski definition) is 6. The molecule has 4 saturated carbocycles. The van der Waals surface area contributed by atoms with Crippen molar-refractivity contribution in [2.75, 3.05) is 6.61 Å². The summed E-state index contributed by atoms with van der Waals surface area (Å²) in [6, 6.07) is 0. The SMILES string of the molecule is CC(=O)O[C@@H]1[C@H](OC(=O)C=C(C)C)C[C@@]2(C)[C@H](CC[C@@]34C[C@@H](CC[C@H]32)[C@@](O)(CO)C4)C1(C)C. The van der Waals surface area contributed by atoms with Crippen molar-refractivity contribution in [2.45, 2.75) is 104 Å². The van der Waals surface area contributed by atoms with Crippen LogP contribution in [0.2, 0.25) is 0 Å². The molecule has 6 nitrogen and oxygen atoms in total. The van der Waals surface area contributed by atoms with Crippen LogP contribution in [0.3, 0.4) is 0 Å². The minimum Gasteiger partial charge on any atom is -0.458 e. The van der Waals surface area contributed by atoms with Gasteiger partial charge in [-0.1, -0.05) is 26.3 Å². The molecule has 0 heterocycles. The standard InChI is InChI=1S/C27H42O6/c1-16(2)11-22(30)33-19-13-25(6)20(24(4,5)23(19)32-17(3)29)9-10-26-12-18(7-8-21(25)26)27(31,14-26)15-28/h11,18-21,23,28,31H,7-10,12-15H2,1-6H3/t18-,19-,20-,21+,23-,25+,26+,27+/m1/s1. The Morgan fingerprint density at radius 2 is 1.70 bits per heavy atom. The number of aliphatic hydroxyl groups excluding tert-OH is 1. The molecule has 33 heavy (non-hydrogen) atoms. The maximum absolute atomic E-state index is 12.7. The highest BCUT2D eigenvalue weighted by Gasteiger charge is 2.69. The van der Waals surface area contributed by atoms with Crippen molar-refractivity contribution in [3.63, 3.8) is 0 Å². The number of carbonyl (C=O) groups is 2. The minimum atomic E-state index is -0.974. The van der Waals surface area contributed by atoms with Gasteiger partial charge in [0.2, 0.25) is 0 Å². The van der Waals surface area contributed by atoms with Gasteiger partial charge in [0.25, 0.3) is 0 Å². The highest BCUT2D eigenvalue weighted by atomic mass is 16.6. The van der Waals surface area contributed by atoms with Gasteiger partial charge in [-0.25, -0.2) is 4.79 Å². The van der Waals surface area contributed by atoms with Gasteiger partial charge in [-0.05, 0) is 87.4 Å². The molecule has 0 aliphatic heterocycles. The van der Waals surface area contributed by atoms with E-state index in [-0.39, 0.29) is 40.7 Å². The van der Waals surface area contributed by atoms with Crippen LogP contribution in [0.1, 0.15) is 86.5 Å². The highest BCUT2D eigenvalue weighted by molar-refractivity contribution is 5.82. The second-order valence-corrected chi connectivity index (χ2v) is 12.7. The van der Waals surface area contributed by atoms with Crippen molar-refractivity contribution in [3.8, 4) is 0 Å². The first kappa shape index (κ1) is 24.7. The minimum absolute atomic E-state index is 0.0183. The van der Waals surface area contributed by atoms with Gasteiger partial charge < -0.3 is 19.7 Å². The predicted molar refractivity (Wildman–Crippen MR) is 124 cm³/mol. The van der Waals surface area contributed by atoms with Gasteiger partial charge in [-0.3, -0.25) is 4.79 Å². The fourth-order valence-electron chi connectivity index (χ4n) is 9.05. The van der Waals surface area contributed by atoms with Gasteiger partial charge in [0.1, 0.15) is 12.2 Å². The third-order valence-electron chi connectivity index (χ3n) is 9.99. The fourth-order valence-corrected chi connectivity index (χ4v) is 9.05. The van der Waals surface area contributed by atoms with Gasteiger partial charge in [-0.15, -0.1) is 0 Å². The Morgan fingerprint density at radius 1 is 1.00 bits per heavy atom. The number of allylic oxidation sites excluding steroid dienone is 1. The van der Waals surface area contributed by atoms with Crippen LogP contribution in [0.4, 0.5) is 0 Å². The summed E-state index contributed by atoms with van der Waals surface area (Å²) in [4.78, 5) is 24.7. The lowest BCUT2D eigenvalue weighted by Gasteiger charge is -2.65.